The standard InChI is InChI=1S/C18H19N/c1-4-15(10-9-14(3)19)17-7-5-6-16-12-13(2)8-11-18(16)17/h4-12H,3,19H2,1-2H3/b10-9-,15-4+. The third kappa shape index (κ3) is 2.94. The fourth-order valence-corrected chi connectivity index (χ4v) is 2.19. The van der Waals surface area contributed by atoms with E-state index in [9.17, 15) is 0 Å². The second kappa shape index (κ2) is 5.57. The first-order chi connectivity index (χ1) is 9.11. The molecule has 0 aliphatic heterocycles. The van der Waals surface area contributed by atoms with Gasteiger partial charge in [-0.3, -0.25) is 0 Å². The normalized spacial score (nSPS) is 12.2. The van der Waals surface area contributed by atoms with Crippen molar-refractivity contribution in [2.75, 3.05) is 0 Å². The lowest BCUT2D eigenvalue weighted by Crippen LogP contribution is -1.90. The van der Waals surface area contributed by atoms with E-state index in [2.05, 4.69) is 56.0 Å². The Kier molecular flexibility index (Phi) is 3.86. The zero-order valence-electron chi connectivity index (χ0n) is 11.5. The fourth-order valence-electron chi connectivity index (χ4n) is 2.19. The molecule has 0 bridgehead atoms. The highest BCUT2D eigenvalue weighted by Gasteiger charge is 2.03. The van der Waals surface area contributed by atoms with Gasteiger partial charge in [-0.25, -0.2) is 0 Å². The van der Waals surface area contributed by atoms with Crippen molar-refractivity contribution in [1.82, 2.24) is 0 Å². The molecule has 19 heavy (non-hydrogen) atoms. The van der Waals surface area contributed by atoms with Crippen LogP contribution >= 0.6 is 0 Å². The molecule has 0 heterocycles. The van der Waals surface area contributed by atoms with Crippen molar-refractivity contribution in [3.8, 4) is 0 Å². The summed E-state index contributed by atoms with van der Waals surface area (Å²) in [6, 6.07) is 12.9. The minimum absolute atomic E-state index is 0.565. The van der Waals surface area contributed by atoms with Gasteiger partial charge in [-0.2, -0.15) is 0 Å². The maximum absolute atomic E-state index is 5.60. The van der Waals surface area contributed by atoms with Gasteiger partial charge in [-0.15, -0.1) is 0 Å². The molecule has 0 amide bonds. The summed E-state index contributed by atoms with van der Waals surface area (Å²) in [6.45, 7) is 7.84. The number of aryl methyl sites for hydroxylation is 1. The van der Waals surface area contributed by atoms with Gasteiger partial charge in [0.25, 0.3) is 0 Å². The van der Waals surface area contributed by atoms with E-state index in [1.165, 1.54) is 21.9 Å². The molecule has 0 fully saturated rings. The summed E-state index contributed by atoms with van der Waals surface area (Å²) in [6.07, 6.45) is 5.94. The zero-order valence-corrected chi connectivity index (χ0v) is 11.5. The van der Waals surface area contributed by atoms with Crippen LogP contribution in [0.15, 0.2) is 66.9 Å². The van der Waals surface area contributed by atoms with Crippen molar-refractivity contribution < 1.29 is 0 Å². The van der Waals surface area contributed by atoms with Crippen LogP contribution in [0, 0.1) is 6.92 Å². The Balaban J connectivity index is 2.58. The van der Waals surface area contributed by atoms with E-state index in [1.54, 1.807) is 0 Å². The number of hydrogen-bond acceptors (Lipinski definition) is 1. The van der Waals surface area contributed by atoms with Crippen LogP contribution in [0.4, 0.5) is 0 Å². The van der Waals surface area contributed by atoms with E-state index < -0.39 is 0 Å². The highest BCUT2D eigenvalue weighted by atomic mass is 14.5. The quantitative estimate of drug-likeness (QED) is 0.792. The molecule has 0 aliphatic carbocycles. The van der Waals surface area contributed by atoms with Crippen LogP contribution in [-0.2, 0) is 0 Å². The first kappa shape index (κ1) is 13.2. The number of hydrogen-bond donors (Lipinski definition) is 1. The molecule has 0 unspecified atom stereocenters. The molecule has 2 aromatic rings. The minimum Gasteiger partial charge on any atom is -0.399 e. The van der Waals surface area contributed by atoms with Crippen LogP contribution in [0.25, 0.3) is 16.3 Å². The smallest absolute Gasteiger partial charge is 0.0241 e. The largest absolute Gasteiger partial charge is 0.399 e. The van der Waals surface area contributed by atoms with Gasteiger partial charge in [0.2, 0.25) is 0 Å². The first-order valence-corrected chi connectivity index (χ1v) is 6.40. The van der Waals surface area contributed by atoms with Crippen LogP contribution in [0.1, 0.15) is 18.1 Å². The van der Waals surface area contributed by atoms with Crippen LogP contribution in [-0.4, -0.2) is 0 Å². The van der Waals surface area contributed by atoms with Gasteiger partial charge >= 0.3 is 0 Å². The summed E-state index contributed by atoms with van der Waals surface area (Å²) in [5.74, 6) is 0. The molecule has 0 atom stereocenters. The lowest BCUT2D eigenvalue weighted by molar-refractivity contribution is 1.45. The zero-order chi connectivity index (χ0) is 13.8. The number of benzene rings is 2. The van der Waals surface area contributed by atoms with E-state index in [0.29, 0.717) is 5.70 Å². The van der Waals surface area contributed by atoms with Gasteiger partial charge in [0.15, 0.2) is 0 Å². The molecule has 0 saturated heterocycles. The molecular formula is C18H19N. The molecule has 1 heteroatoms. The number of fused-ring (bicyclic) bond motifs is 1. The van der Waals surface area contributed by atoms with Crippen molar-refractivity contribution in [2.24, 2.45) is 5.73 Å². The number of rotatable bonds is 3. The summed E-state index contributed by atoms with van der Waals surface area (Å²) in [4.78, 5) is 0. The van der Waals surface area contributed by atoms with Crippen molar-refractivity contribution in [3.05, 3.63) is 78.0 Å². The van der Waals surface area contributed by atoms with E-state index in [4.69, 9.17) is 5.73 Å². The molecule has 2 N–H and O–H groups in total. The van der Waals surface area contributed by atoms with Crippen LogP contribution in [0.2, 0.25) is 0 Å². The topological polar surface area (TPSA) is 26.0 Å². The lowest BCUT2D eigenvalue weighted by atomic mass is 9.96. The van der Waals surface area contributed by atoms with E-state index in [0.717, 1.165) is 5.57 Å². The molecule has 0 radical (unpaired) electrons. The molecule has 0 aromatic heterocycles. The predicted octanol–water partition coefficient (Wildman–Crippen LogP) is 4.58. The fraction of sp³-hybridized carbons (Fsp3) is 0.111. The maximum atomic E-state index is 5.60. The van der Waals surface area contributed by atoms with E-state index in [-0.39, 0.29) is 0 Å². The summed E-state index contributed by atoms with van der Waals surface area (Å²) >= 11 is 0. The van der Waals surface area contributed by atoms with Crippen molar-refractivity contribution >= 4 is 16.3 Å². The molecule has 0 aliphatic rings. The third-order valence-corrected chi connectivity index (χ3v) is 3.13. The Morgan fingerprint density at radius 3 is 2.63 bits per heavy atom. The van der Waals surface area contributed by atoms with Crippen molar-refractivity contribution in [3.63, 3.8) is 0 Å². The van der Waals surface area contributed by atoms with Gasteiger partial charge in [0, 0.05) is 5.70 Å². The van der Waals surface area contributed by atoms with Gasteiger partial charge in [-0.1, -0.05) is 60.7 Å². The Morgan fingerprint density at radius 1 is 1.16 bits per heavy atom. The van der Waals surface area contributed by atoms with E-state index in [1.807, 2.05) is 19.1 Å². The number of nitrogens with two attached hydrogens (primary N) is 1. The highest BCUT2D eigenvalue weighted by molar-refractivity contribution is 5.96. The Hall–Kier alpha value is -2.28. The van der Waals surface area contributed by atoms with Crippen molar-refractivity contribution in [1.29, 1.82) is 0 Å². The molecule has 1 nitrogen and oxygen atoms in total. The van der Waals surface area contributed by atoms with Gasteiger partial charge < -0.3 is 5.73 Å². The molecule has 0 saturated carbocycles. The SMILES string of the molecule is C=C(N)/C=C\C(=C/C)c1cccc2cc(C)ccc12. The monoisotopic (exact) mass is 249 g/mol. The summed E-state index contributed by atoms with van der Waals surface area (Å²) in [7, 11) is 0. The van der Waals surface area contributed by atoms with Gasteiger partial charge in [-0.05, 0) is 41.8 Å². The summed E-state index contributed by atoms with van der Waals surface area (Å²) in [5.41, 5.74) is 9.81. The highest BCUT2D eigenvalue weighted by Crippen LogP contribution is 2.26. The molecule has 0 spiro atoms. The summed E-state index contributed by atoms with van der Waals surface area (Å²) < 4.78 is 0. The van der Waals surface area contributed by atoms with Gasteiger partial charge in [0.1, 0.15) is 0 Å². The third-order valence-electron chi connectivity index (χ3n) is 3.13. The molecule has 2 aromatic carbocycles. The second-order valence-corrected chi connectivity index (χ2v) is 4.68. The Bertz CT molecular complexity index is 675. The van der Waals surface area contributed by atoms with E-state index >= 15 is 0 Å². The predicted molar refractivity (Wildman–Crippen MR) is 84.8 cm³/mol. The second-order valence-electron chi connectivity index (χ2n) is 4.68. The average molecular weight is 249 g/mol. The minimum atomic E-state index is 0.565. The molecular weight excluding hydrogens is 230 g/mol. The van der Waals surface area contributed by atoms with Crippen LogP contribution < -0.4 is 5.73 Å². The van der Waals surface area contributed by atoms with Crippen LogP contribution in [0.5, 0.6) is 0 Å². The molecule has 2 rings (SSSR count). The summed E-state index contributed by atoms with van der Waals surface area (Å²) in [5, 5.41) is 2.52. The molecule has 96 valence electrons. The average Bonchev–Trinajstić information content (AvgIpc) is 2.38. The van der Waals surface area contributed by atoms with Crippen LogP contribution in [0.3, 0.4) is 0 Å². The lowest BCUT2D eigenvalue weighted by Gasteiger charge is -2.08. The Morgan fingerprint density at radius 2 is 1.95 bits per heavy atom. The van der Waals surface area contributed by atoms with Gasteiger partial charge in [0.05, 0.1) is 0 Å². The Labute approximate surface area is 114 Å². The maximum Gasteiger partial charge on any atom is 0.0241 e. The van der Waals surface area contributed by atoms with Crippen molar-refractivity contribution in [2.45, 2.75) is 13.8 Å². The number of allylic oxidation sites excluding steroid dienone is 4. The first-order valence-electron chi connectivity index (χ1n) is 6.40.